The molecule has 1 nitrogen and oxygen atoms in total. The molecule has 0 aromatic rings. The van der Waals surface area contributed by atoms with E-state index in [-0.39, 0.29) is 6.10 Å². The van der Waals surface area contributed by atoms with Crippen LogP contribution in [-0.4, -0.2) is 29.6 Å². The second kappa shape index (κ2) is 16.4. The average Bonchev–Trinajstić information content (AvgIpc) is 2.59. The zero-order valence-electron chi connectivity index (χ0n) is 16.8. The molecule has 140 valence electrons. The Morgan fingerprint density at radius 2 is 1.21 bits per heavy atom. The minimum atomic E-state index is -2.10. The van der Waals surface area contributed by atoms with Gasteiger partial charge in [-0.15, -0.1) is 0 Å². The molecule has 0 aromatic carbocycles. The fraction of sp³-hybridized carbons (Fsp3) is 0.727. The molecule has 2 heteroatoms. The van der Waals surface area contributed by atoms with E-state index < -0.39 is 18.4 Å². The van der Waals surface area contributed by atoms with Crippen molar-refractivity contribution in [1.29, 1.82) is 0 Å². The van der Waals surface area contributed by atoms with E-state index in [0.29, 0.717) is 0 Å². The van der Waals surface area contributed by atoms with Crippen molar-refractivity contribution >= 4 is 18.4 Å². The first-order valence-electron chi connectivity index (χ1n) is 10.3. The molecular weight excluding hydrogens is 399 g/mol. The van der Waals surface area contributed by atoms with E-state index in [1.807, 2.05) is 12.2 Å². The molecule has 24 heavy (non-hydrogen) atoms. The van der Waals surface area contributed by atoms with Gasteiger partial charge in [0.25, 0.3) is 0 Å². The Morgan fingerprint density at radius 3 is 1.67 bits per heavy atom. The molecule has 0 unspecified atom stereocenters. The third-order valence-electron chi connectivity index (χ3n) is 4.79. The van der Waals surface area contributed by atoms with Crippen molar-refractivity contribution in [1.82, 2.24) is 0 Å². The SMILES string of the molecule is CCC[CH2][Sn](/[CH]=C/C=C/C=C/[C@H](O)CCC)([CH2]CCC)[CH2]CCC. The normalized spacial score (nSPS) is 14.4. The molecule has 0 spiro atoms. The van der Waals surface area contributed by atoms with Gasteiger partial charge in [0.2, 0.25) is 0 Å². The second-order valence-corrected chi connectivity index (χ2v) is 20.2. The fourth-order valence-electron chi connectivity index (χ4n) is 3.18. The molecule has 0 saturated carbocycles. The Labute approximate surface area is 156 Å². The van der Waals surface area contributed by atoms with Crippen molar-refractivity contribution in [3.05, 3.63) is 34.5 Å². The summed E-state index contributed by atoms with van der Waals surface area (Å²) in [6.45, 7) is 9.08. The van der Waals surface area contributed by atoms with Gasteiger partial charge in [-0.2, -0.15) is 0 Å². The zero-order chi connectivity index (χ0) is 18.1. The number of hydrogen-bond acceptors (Lipinski definition) is 1. The molecule has 0 rings (SSSR count). The third kappa shape index (κ3) is 12.4. The number of rotatable bonds is 15. The summed E-state index contributed by atoms with van der Waals surface area (Å²) < 4.78 is 7.27. The van der Waals surface area contributed by atoms with E-state index in [9.17, 15) is 5.11 Å². The summed E-state index contributed by atoms with van der Waals surface area (Å²) in [4.78, 5) is 0. The number of aliphatic hydroxyl groups is 1. The molecule has 1 atom stereocenters. The molecule has 0 aromatic heterocycles. The van der Waals surface area contributed by atoms with Crippen molar-refractivity contribution < 1.29 is 5.11 Å². The van der Waals surface area contributed by atoms with Crippen molar-refractivity contribution in [2.45, 2.75) is 98.5 Å². The van der Waals surface area contributed by atoms with Crippen LogP contribution in [0.5, 0.6) is 0 Å². The summed E-state index contributed by atoms with van der Waals surface area (Å²) in [5, 5.41) is 9.70. The Bertz CT molecular complexity index is 335. The maximum absolute atomic E-state index is 9.70. The first kappa shape index (κ1) is 24.0. The van der Waals surface area contributed by atoms with Crippen molar-refractivity contribution in [3.63, 3.8) is 0 Å². The van der Waals surface area contributed by atoms with Gasteiger partial charge in [0, 0.05) is 0 Å². The van der Waals surface area contributed by atoms with Gasteiger partial charge in [0.1, 0.15) is 0 Å². The number of hydrogen-bond donors (Lipinski definition) is 1. The van der Waals surface area contributed by atoms with Crippen LogP contribution in [0.4, 0.5) is 0 Å². The predicted molar refractivity (Wildman–Crippen MR) is 113 cm³/mol. The average molecular weight is 441 g/mol. The Morgan fingerprint density at radius 1 is 0.708 bits per heavy atom. The van der Waals surface area contributed by atoms with Crippen LogP contribution >= 0.6 is 0 Å². The van der Waals surface area contributed by atoms with E-state index in [1.165, 1.54) is 51.8 Å². The summed E-state index contributed by atoms with van der Waals surface area (Å²) in [5.41, 5.74) is 0. The molecule has 0 aliphatic rings. The van der Waals surface area contributed by atoms with Gasteiger partial charge >= 0.3 is 156 Å². The summed E-state index contributed by atoms with van der Waals surface area (Å²) in [6.07, 6.45) is 20.3. The van der Waals surface area contributed by atoms with Gasteiger partial charge in [0.15, 0.2) is 0 Å². The fourth-order valence-corrected chi connectivity index (χ4v) is 17.3. The van der Waals surface area contributed by atoms with Gasteiger partial charge < -0.3 is 0 Å². The van der Waals surface area contributed by atoms with Gasteiger partial charge in [-0.1, -0.05) is 0 Å². The topological polar surface area (TPSA) is 20.2 Å². The molecule has 0 saturated heterocycles. The standard InChI is InChI=1S/C10H15O.3C4H9.Sn/c1-3-5-6-7-9-10(11)8-4-2;3*1-3-4-2;/h1,3,5-7,9-11H,4,8H2,2H3;3*1,3-4H2,2H3;/b3-1?,6-5+,9-7+;;;;/t10-;;;;/m1..../s1. The molecule has 0 radical (unpaired) electrons. The van der Waals surface area contributed by atoms with Crippen LogP contribution in [0.1, 0.15) is 79.1 Å². The zero-order valence-corrected chi connectivity index (χ0v) is 19.6. The Kier molecular flexibility index (Phi) is 16.4. The van der Waals surface area contributed by atoms with E-state index in [2.05, 4.69) is 50.0 Å². The van der Waals surface area contributed by atoms with Crippen LogP contribution in [0.2, 0.25) is 13.3 Å². The van der Waals surface area contributed by atoms with Crippen LogP contribution in [0, 0.1) is 0 Å². The van der Waals surface area contributed by atoms with Crippen LogP contribution in [0.15, 0.2) is 34.5 Å². The summed E-state index contributed by atoms with van der Waals surface area (Å²) in [7, 11) is 0. The minimum absolute atomic E-state index is 0.291. The number of unbranched alkanes of at least 4 members (excludes halogenated alkanes) is 3. The van der Waals surface area contributed by atoms with E-state index in [4.69, 9.17) is 0 Å². The van der Waals surface area contributed by atoms with Crippen LogP contribution in [0.25, 0.3) is 0 Å². The summed E-state index contributed by atoms with van der Waals surface area (Å²) in [5.74, 6) is 0. The predicted octanol–water partition coefficient (Wildman–Crippen LogP) is 7.20. The van der Waals surface area contributed by atoms with Crippen molar-refractivity contribution in [3.8, 4) is 0 Å². The van der Waals surface area contributed by atoms with Crippen molar-refractivity contribution in [2.75, 3.05) is 0 Å². The third-order valence-corrected chi connectivity index (χ3v) is 18.9. The van der Waals surface area contributed by atoms with Gasteiger partial charge in [-0.05, 0) is 0 Å². The van der Waals surface area contributed by atoms with Crippen LogP contribution in [-0.2, 0) is 0 Å². The Balaban J connectivity index is 4.79. The Hall–Kier alpha value is -0.0213. The molecule has 1 N–H and O–H groups in total. The number of allylic oxidation sites excluding steroid dienone is 4. The first-order valence-corrected chi connectivity index (χ1v) is 18.0. The summed E-state index contributed by atoms with van der Waals surface area (Å²) in [6, 6.07) is 0. The maximum atomic E-state index is 9.70. The molecule has 0 aliphatic heterocycles. The monoisotopic (exact) mass is 442 g/mol. The quantitative estimate of drug-likeness (QED) is 0.210. The second-order valence-electron chi connectivity index (χ2n) is 7.16. The van der Waals surface area contributed by atoms with E-state index in [1.54, 1.807) is 0 Å². The van der Waals surface area contributed by atoms with Gasteiger partial charge in [-0.25, -0.2) is 0 Å². The molecule has 0 bridgehead atoms. The molecule has 0 fully saturated rings. The van der Waals surface area contributed by atoms with Crippen LogP contribution in [0.3, 0.4) is 0 Å². The van der Waals surface area contributed by atoms with E-state index in [0.717, 1.165) is 12.8 Å². The van der Waals surface area contributed by atoms with Gasteiger partial charge in [-0.3, -0.25) is 0 Å². The van der Waals surface area contributed by atoms with Crippen LogP contribution < -0.4 is 0 Å². The molecule has 0 heterocycles. The molecule has 0 amide bonds. The summed E-state index contributed by atoms with van der Waals surface area (Å²) >= 11 is -2.10. The van der Waals surface area contributed by atoms with E-state index >= 15 is 0 Å². The first-order chi connectivity index (χ1) is 11.6. The number of aliphatic hydroxyl groups excluding tert-OH is 1. The van der Waals surface area contributed by atoms with Crippen molar-refractivity contribution in [2.24, 2.45) is 0 Å². The molecular formula is C22H42OSn. The molecule has 0 aliphatic carbocycles. The van der Waals surface area contributed by atoms with Gasteiger partial charge in [0.05, 0.1) is 0 Å².